The SMILES string of the molecule is C#CCOc1c(Cl)cc(/C=C2/SC(=Nc3ccc(C)cc3)NC2=O)cc1Cl. The van der Waals surface area contributed by atoms with Gasteiger partial charge in [-0.3, -0.25) is 4.79 Å². The lowest BCUT2D eigenvalue weighted by Crippen LogP contribution is -2.19. The van der Waals surface area contributed by atoms with Gasteiger partial charge in [-0.15, -0.1) is 6.42 Å². The van der Waals surface area contributed by atoms with Crippen LogP contribution in [-0.2, 0) is 4.79 Å². The van der Waals surface area contributed by atoms with E-state index in [2.05, 4.69) is 16.2 Å². The fraction of sp³-hybridized carbons (Fsp3) is 0.100. The topological polar surface area (TPSA) is 50.7 Å². The minimum atomic E-state index is -0.231. The van der Waals surface area contributed by atoms with Crippen molar-refractivity contribution >= 4 is 57.8 Å². The normalized spacial score (nSPS) is 16.4. The van der Waals surface area contributed by atoms with Crippen LogP contribution >= 0.6 is 35.0 Å². The molecule has 0 aromatic heterocycles. The maximum Gasteiger partial charge on any atom is 0.264 e. The molecule has 1 amide bonds. The highest BCUT2D eigenvalue weighted by molar-refractivity contribution is 8.18. The van der Waals surface area contributed by atoms with Gasteiger partial charge in [0.05, 0.1) is 20.6 Å². The number of benzene rings is 2. The molecule has 2 aromatic carbocycles. The molecule has 0 aliphatic carbocycles. The Labute approximate surface area is 171 Å². The van der Waals surface area contributed by atoms with Gasteiger partial charge in [-0.25, -0.2) is 4.99 Å². The van der Waals surface area contributed by atoms with Crippen LogP contribution in [0.4, 0.5) is 5.69 Å². The number of carbonyl (C=O) groups is 1. The quantitative estimate of drug-likeness (QED) is 0.549. The summed E-state index contributed by atoms with van der Waals surface area (Å²) in [6.07, 6.45) is 6.87. The van der Waals surface area contributed by atoms with E-state index in [0.29, 0.717) is 31.4 Å². The van der Waals surface area contributed by atoms with Crippen molar-refractivity contribution in [1.82, 2.24) is 5.32 Å². The number of halogens is 2. The van der Waals surface area contributed by atoms with E-state index in [1.807, 2.05) is 31.2 Å². The summed E-state index contributed by atoms with van der Waals surface area (Å²) in [5, 5.41) is 3.91. The number of terminal acetylenes is 1. The number of carbonyl (C=O) groups excluding carboxylic acids is 1. The zero-order valence-electron chi connectivity index (χ0n) is 14.3. The third kappa shape index (κ3) is 4.86. The molecule has 0 radical (unpaired) electrons. The van der Waals surface area contributed by atoms with Crippen molar-refractivity contribution in [3.8, 4) is 18.1 Å². The van der Waals surface area contributed by atoms with Crippen LogP contribution in [0.15, 0.2) is 46.3 Å². The molecule has 0 unspecified atom stereocenters. The first-order valence-electron chi connectivity index (χ1n) is 7.88. The van der Waals surface area contributed by atoms with Crippen LogP contribution in [0.5, 0.6) is 5.75 Å². The Kier molecular flexibility index (Phi) is 6.12. The zero-order chi connectivity index (χ0) is 19.4. The second-order valence-corrected chi connectivity index (χ2v) is 7.47. The molecule has 2 aromatic rings. The Bertz CT molecular complexity index is 969. The summed E-state index contributed by atoms with van der Waals surface area (Å²) in [6.45, 7) is 2.07. The summed E-state index contributed by atoms with van der Waals surface area (Å²) in [6, 6.07) is 11.0. The van der Waals surface area contributed by atoms with Crippen molar-refractivity contribution < 1.29 is 9.53 Å². The average molecular weight is 417 g/mol. The molecular weight excluding hydrogens is 403 g/mol. The summed E-state index contributed by atoms with van der Waals surface area (Å²) in [7, 11) is 0. The zero-order valence-corrected chi connectivity index (χ0v) is 16.6. The maximum atomic E-state index is 12.2. The number of aliphatic imine (C=N–C) groups is 1. The first-order chi connectivity index (χ1) is 13.0. The summed E-state index contributed by atoms with van der Waals surface area (Å²) >= 11 is 13.7. The third-order valence-electron chi connectivity index (χ3n) is 3.53. The molecule has 0 spiro atoms. The van der Waals surface area contributed by atoms with E-state index in [1.54, 1.807) is 18.2 Å². The number of hydrogen-bond donors (Lipinski definition) is 1. The van der Waals surface area contributed by atoms with Gasteiger partial charge in [0.1, 0.15) is 6.61 Å². The smallest absolute Gasteiger partial charge is 0.264 e. The molecule has 0 bridgehead atoms. The fourth-order valence-corrected chi connectivity index (χ4v) is 3.74. The highest BCUT2D eigenvalue weighted by Crippen LogP contribution is 2.36. The van der Waals surface area contributed by atoms with Gasteiger partial charge in [0, 0.05) is 0 Å². The van der Waals surface area contributed by atoms with Crippen LogP contribution < -0.4 is 10.1 Å². The Morgan fingerprint density at radius 2 is 1.93 bits per heavy atom. The molecule has 27 heavy (non-hydrogen) atoms. The lowest BCUT2D eigenvalue weighted by Gasteiger charge is -2.08. The molecule has 1 fully saturated rings. The highest BCUT2D eigenvalue weighted by atomic mass is 35.5. The van der Waals surface area contributed by atoms with Gasteiger partial charge in [-0.05, 0) is 54.6 Å². The van der Waals surface area contributed by atoms with E-state index in [4.69, 9.17) is 34.4 Å². The van der Waals surface area contributed by atoms with Crippen LogP contribution in [0.1, 0.15) is 11.1 Å². The van der Waals surface area contributed by atoms with Gasteiger partial charge in [-0.2, -0.15) is 0 Å². The van der Waals surface area contributed by atoms with Crippen LogP contribution in [-0.4, -0.2) is 17.7 Å². The van der Waals surface area contributed by atoms with Crippen LogP contribution in [0.2, 0.25) is 10.0 Å². The summed E-state index contributed by atoms with van der Waals surface area (Å²) in [4.78, 5) is 17.1. The van der Waals surface area contributed by atoms with Crippen molar-refractivity contribution in [1.29, 1.82) is 0 Å². The van der Waals surface area contributed by atoms with Crippen molar-refractivity contribution in [2.75, 3.05) is 6.61 Å². The number of amidine groups is 1. The third-order valence-corrected chi connectivity index (χ3v) is 5.01. The fourth-order valence-electron chi connectivity index (χ4n) is 2.28. The van der Waals surface area contributed by atoms with E-state index >= 15 is 0 Å². The van der Waals surface area contributed by atoms with Crippen LogP contribution in [0.25, 0.3) is 6.08 Å². The van der Waals surface area contributed by atoms with E-state index in [0.717, 1.165) is 11.3 Å². The van der Waals surface area contributed by atoms with Crippen LogP contribution in [0, 0.1) is 19.3 Å². The first-order valence-corrected chi connectivity index (χ1v) is 9.45. The highest BCUT2D eigenvalue weighted by Gasteiger charge is 2.24. The Balaban J connectivity index is 1.82. The first kappa shape index (κ1) is 19.4. The number of aryl methyl sites for hydroxylation is 1. The molecule has 0 saturated carbocycles. The van der Waals surface area contributed by atoms with Gasteiger partial charge in [-0.1, -0.05) is 46.8 Å². The Morgan fingerprint density at radius 3 is 2.56 bits per heavy atom. The molecule has 4 nitrogen and oxygen atoms in total. The number of nitrogens with zero attached hydrogens (tertiary/aromatic N) is 1. The van der Waals surface area contributed by atoms with Crippen LogP contribution in [0.3, 0.4) is 0 Å². The number of hydrogen-bond acceptors (Lipinski definition) is 4. The molecule has 1 aliphatic heterocycles. The van der Waals surface area contributed by atoms with E-state index in [9.17, 15) is 4.79 Å². The molecule has 1 N–H and O–H groups in total. The molecule has 136 valence electrons. The van der Waals surface area contributed by atoms with Crippen molar-refractivity contribution in [2.45, 2.75) is 6.92 Å². The van der Waals surface area contributed by atoms with E-state index in [-0.39, 0.29) is 12.5 Å². The number of thioether (sulfide) groups is 1. The van der Waals surface area contributed by atoms with Gasteiger partial charge in [0.15, 0.2) is 10.9 Å². The second-order valence-electron chi connectivity index (χ2n) is 5.62. The summed E-state index contributed by atoms with van der Waals surface area (Å²) in [5.74, 6) is 2.45. The second kappa shape index (κ2) is 8.53. The predicted octanol–water partition coefficient (Wildman–Crippen LogP) is 5.21. The number of nitrogens with one attached hydrogen (secondary N) is 1. The van der Waals surface area contributed by atoms with Gasteiger partial charge in [0.25, 0.3) is 5.91 Å². The van der Waals surface area contributed by atoms with E-state index in [1.165, 1.54) is 11.8 Å². The largest absolute Gasteiger partial charge is 0.478 e. The molecular formula is C20H14Cl2N2O2S. The number of rotatable bonds is 4. The average Bonchev–Trinajstić information content (AvgIpc) is 2.95. The van der Waals surface area contributed by atoms with Crippen molar-refractivity contribution in [2.24, 2.45) is 4.99 Å². The summed E-state index contributed by atoms with van der Waals surface area (Å²) in [5.41, 5.74) is 2.59. The molecule has 1 aliphatic rings. The van der Waals surface area contributed by atoms with E-state index < -0.39 is 0 Å². The lowest BCUT2D eigenvalue weighted by atomic mass is 10.2. The molecule has 1 saturated heterocycles. The molecule has 1 heterocycles. The Hall–Kier alpha value is -2.39. The Morgan fingerprint density at radius 1 is 1.26 bits per heavy atom. The number of ether oxygens (including phenoxy) is 1. The monoisotopic (exact) mass is 416 g/mol. The molecule has 3 rings (SSSR count). The minimum absolute atomic E-state index is 0.0664. The van der Waals surface area contributed by atoms with Crippen molar-refractivity contribution in [3.05, 3.63) is 62.5 Å². The molecule has 7 heteroatoms. The number of amides is 1. The van der Waals surface area contributed by atoms with Crippen molar-refractivity contribution in [3.63, 3.8) is 0 Å². The predicted molar refractivity (Wildman–Crippen MR) is 113 cm³/mol. The van der Waals surface area contributed by atoms with Gasteiger partial charge >= 0.3 is 0 Å². The maximum absolute atomic E-state index is 12.2. The minimum Gasteiger partial charge on any atom is -0.478 e. The van der Waals surface area contributed by atoms with Gasteiger partial charge < -0.3 is 10.1 Å². The molecule has 0 atom stereocenters. The van der Waals surface area contributed by atoms with Gasteiger partial charge in [0.2, 0.25) is 0 Å². The standard InChI is InChI=1S/C20H14Cl2N2O2S/c1-3-8-26-18-15(21)9-13(10-16(18)22)11-17-19(25)24-20(27-17)23-14-6-4-12(2)5-7-14/h1,4-7,9-11H,8H2,2H3,(H,23,24,25)/b17-11+. The summed E-state index contributed by atoms with van der Waals surface area (Å²) < 4.78 is 5.33. The lowest BCUT2D eigenvalue weighted by molar-refractivity contribution is -0.115.